The fraction of sp³-hybridized carbons (Fsp3) is 0.0909. The fourth-order valence-corrected chi connectivity index (χ4v) is 1.79. The Balaban J connectivity index is 2.69. The summed E-state index contributed by atoms with van der Waals surface area (Å²) in [6.45, 7) is 0. The van der Waals surface area contributed by atoms with Crippen molar-refractivity contribution >= 4 is 17.6 Å². The van der Waals surface area contributed by atoms with E-state index in [1.54, 1.807) is 0 Å². The van der Waals surface area contributed by atoms with Crippen LogP contribution in [0.15, 0.2) is 12.1 Å². The minimum absolute atomic E-state index is 0.0238. The van der Waals surface area contributed by atoms with E-state index in [0.717, 1.165) is 16.8 Å². The highest BCUT2D eigenvalue weighted by molar-refractivity contribution is 6.32. The van der Waals surface area contributed by atoms with Crippen LogP contribution in [0.2, 0.25) is 5.02 Å². The summed E-state index contributed by atoms with van der Waals surface area (Å²) in [4.78, 5) is 10.8. The maximum atomic E-state index is 13.7. The predicted octanol–water partition coefficient (Wildman–Crippen LogP) is 2.42. The Morgan fingerprint density at radius 2 is 2.00 bits per heavy atom. The van der Waals surface area contributed by atoms with E-state index in [0.29, 0.717) is 0 Å². The van der Waals surface area contributed by atoms with Gasteiger partial charge in [-0.05, 0) is 12.1 Å². The summed E-state index contributed by atoms with van der Waals surface area (Å²) in [6.07, 6.45) is 0. The second kappa shape index (κ2) is 4.51. The summed E-state index contributed by atoms with van der Waals surface area (Å²) in [5.74, 6) is -5.13. The van der Waals surface area contributed by atoms with E-state index < -0.39 is 23.4 Å². The molecular formula is C11H7ClF2N2O3. The van der Waals surface area contributed by atoms with Gasteiger partial charge in [0.05, 0.1) is 10.7 Å². The third kappa shape index (κ3) is 2.12. The van der Waals surface area contributed by atoms with Crippen LogP contribution in [0.4, 0.5) is 8.78 Å². The van der Waals surface area contributed by atoms with Gasteiger partial charge in [-0.1, -0.05) is 11.6 Å². The molecule has 2 N–H and O–H groups in total. The van der Waals surface area contributed by atoms with Crippen molar-refractivity contribution in [2.24, 2.45) is 7.05 Å². The number of aromatic carboxylic acids is 1. The lowest BCUT2D eigenvalue weighted by atomic mass is 10.1. The Labute approximate surface area is 110 Å². The van der Waals surface area contributed by atoms with Crippen LogP contribution >= 0.6 is 11.6 Å². The van der Waals surface area contributed by atoms with Crippen LogP contribution < -0.4 is 0 Å². The summed E-state index contributed by atoms with van der Waals surface area (Å²) < 4.78 is 28.2. The van der Waals surface area contributed by atoms with Crippen LogP contribution in [-0.2, 0) is 7.05 Å². The zero-order chi connectivity index (χ0) is 14.3. The van der Waals surface area contributed by atoms with Crippen LogP contribution in [0.3, 0.4) is 0 Å². The van der Waals surface area contributed by atoms with Crippen molar-refractivity contribution in [3.63, 3.8) is 0 Å². The van der Waals surface area contributed by atoms with Crippen molar-refractivity contribution in [2.45, 2.75) is 0 Å². The molecule has 100 valence electrons. The van der Waals surface area contributed by atoms with Gasteiger partial charge in [0.1, 0.15) is 0 Å². The van der Waals surface area contributed by atoms with E-state index in [1.165, 1.54) is 7.05 Å². The van der Waals surface area contributed by atoms with Gasteiger partial charge in [-0.25, -0.2) is 9.18 Å². The lowest BCUT2D eigenvalue weighted by molar-refractivity contribution is 0.0689. The maximum Gasteiger partial charge on any atom is 0.356 e. The van der Waals surface area contributed by atoms with Crippen LogP contribution in [0, 0.1) is 11.6 Å². The molecule has 0 aliphatic heterocycles. The monoisotopic (exact) mass is 288 g/mol. The number of aryl methyl sites for hydroxylation is 1. The molecule has 0 spiro atoms. The first-order chi connectivity index (χ1) is 8.82. The first-order valence-corrected chi connectivity index (χ1v) is 5.35. The quantitative estimate of drug-likeness (QED) is 0.832. The SMILES string of the molecule is Cn1nc(C(=O)O)cc1-c1cc(Cl)c(O)c(F)c1F. The number of hydrogen-bond acceptors (Lipinski definition) is 3. The predicted molar refractivity (Wildman–Crippen MR) is 62.2 cm³/mol. The first-order valence-electron chi connectivity index (χ1n) is 4.97. The van der Waals surface area contributed by atoms with Gasteiger partial charge in [-0.15, -0.1) is 0 Å². The number of aromatic hydroxyl groups is 1. The summed E-state index contributed by atoms with van der Waals surface area (Å²) in [5, 5.41) is 21.2. The molecule has 2 aromatic rings. The lowest BCUT2D eigenvalue weighted by Crippen LogP contribution is -2.00. The number of rotatable bonds is 2. The molecule has 0 aliphatic carbocycles. The molecule has 5 nitrogen and oxygen atoms in total. The molecule has 0 fully saturated rings. The van der Waals surface area contributed by atoms with Crippen LogP contribution in [-0.4, -0.2) is 26.0 Å². The van der Waals surface area contributed by atoms with E-state index in [9.17, 15) is 13.6 Å². The Hall–Kier alpha value is -2.15. The van der Waals surface area contributed by atoms with Crippen molar-refractivity contribution in [2.75, 3.05) is 0 Å². The minimum atomic E-state index is -1.50. The standard InChI is InChI=1S/C11H7ClF2N2O3/c1-16-7(3-6(15-16)11(18)19)4-2-5(12)10(17)9(14)8(4)13/h2-3,17H,1H3,(H,18,19). The summed E-state index contributed by atoms with van der Waals surface area (Å²) in [5.41, 5.74) is -0.583. The Bertz CT molecular complexity index is 685. The number of aromatic nitrogens is 2. The van der Waals surface area contributed by atoms with E-state index in [1.807, 2.05) is 0 Å². The molecule has 0 unspecified atom stereocenters. The zero-order valence-electron chi connectivity index (χ0n) is 9.49. The molecule has 2 rings (SSSR count). The van der Waals surface area contributed by atoms with Crippen molar-refractivity contribution in [3.8, 4) is 17.0 Å². The molecule has 0 saturated heterocycles. The van der Waals surface area contributed by atoms with Crippen molar-refractivity contribution in [1.82, 2.24) is 9.78 Å². The smallest absolute Gasteiger partial charge is 0.356 e. The highest BCUT2D eigenvalue weighted by Gasteiger charge is 2.21. The number of benzene rings is 1. The molecule has 0 radical (unpaired) electrons. The van der Waals surface area contributed by atoms with Gasteiger partial charge in [-0.3, -0.25) is 4.68 Å². The van der Waals surface area contributed by atoms with Gasteiger partial charge in [-0.2, -0.15) is 9.49 Å². The molecular weight excluding hydrogens is 282 g/mol. The molecule has 1 heterocycles. The lowest BCUT2D eigenvalue weighted by Gasteiger charge is -2.07. The third-order valence-electron chi connectivity index (χ3n) is 2.51. The highest BCUT2D eigenvalue weighted by Crippen LogP contribution is 2.35. The normalized spacial score (nSPS) is 10.7. The van der Waals surface area contributed by atoms with Crippen LogP contribution in [0.1, 0.15) is 10.5 Å². The largest absolute Gasteiger partial charge is 0.504 e. The molecule has 0 aliphatic rings. The molecule has 1 aromatic heterocycles. The van der Waals surface area contributed by atoms with Crippen molar-refractivity contribution in [3.05, 3.63) is 34.5 Å². The molecule has 19 heavy (non-hydrogen) atoms. The number of hydrogen-bond donors (Lipinski definition) is 2. The average Bonchev–Trinajstić information content (AvgIpc) is 2.73. The Kier molecular flexibility index (Phi) is 3.15. The fourth-order valence-electron chi connectivity index (χ4n) is 1.60. The molecule has 0 amide bonds. The molecule has 0 saturated carbocycles. The van der Waals surface area contributed by atoms with E-state index in [-0.39, 0.29) is 22.0 Å². The van der Waals surface area contributed by atoms with Gasteiger partial charge in [0.25, 0.3) is 0 Å². The molecule has 0 atom stereocenters. The number of carboxylic acids is 1. The summed E-state index contributed by atoms with van der Waals surface area (Å²) in [6, 6.07) is 2.07. The molecule has 0 bridgehead atoms. The summed E-state index contributed by atoms with van der Waals surface area (Å²) >= 11 is 5.56. The number of phenolic OH excluding ortho intramolecular Hbond substituents is 1. The van der Waals surface area contributed by atoms with Gasteiger partial charge in [0, 0.05) is 12.6 Å². The first kappa shape index (κ1) is 13.3. The number of carbonyl (C=O) groups is 1. The zero-order valence-corrected chi connectivity index (χ0v) is 10.2. The van der Waals surface area contributed by atoms with E-state index >= 15 is 0 Å². The second-order valence-corrected chi connectivity index (χ2v) is 4.13. The molecule has 1 aromatic carbocycles. The van der Waals surface area contributed by atoms with E-state index in [2.05, 4.69) is 5.10 Å². The topological polar surface area (TPSA) is 75.4 Å². The van der Waals surface area contributed by atoms with Crippen molar-refractivity contribution < 1.29 is 23.8 Å². The Morgan fingerprint density at radius 1 is 1.37 bits per heavy atom. The average molecular weight is 289 g/mol. The second-order valence-electron chi connectivity index (χ2n) is 3.73. The minimum Gasteiger partial charge on any atom is -0.504 e. The molecule has 8 heteroatoms. The van der Waals surface area contributed by atoms with Gasteiger partial charge in [0.15, 0.2) is 17.3 Å². The number of halogens is 3. The number of nitrogens with zero attached hydrogens (tertiary/aromatic N) is 2. The number of carboxylic acid groups (broad SMARTS) is 1. The van der Waals surface area contributed by atoms with Crippen molar-refractivity contribution in [1.29, 1.82) is 0 Å². The van der Waals surface area contributed by atoms with E-state index in [4.69, 9.17) is 21.8 Å². The summed E-state index contributed by atoms with van der Waals surface area (Å²) in [7, 11) is 1.37. The number of phenols is 1. The van der Waals surface area contributed by atoms with Gasteiger partial charge >= 0.3 is 5.97 Å². The highest BCUT2D eigenvalue weighted by atomic mass is 35.5. The van der Waals surface area contributed by atoms with Gasteiger partial charge < -0.3 is 10.2 Å². The van der Waals surface area contributed by atoms with Crippen LogP contribution in [0.5, 0.6) is 5.75 Å². The van der Waals surface area contributed by atoms with Gasteiger partial charge in [0.2, 0.25) is 5.82 Å². The third-order valence-corrected chi connectivity index (χ3v) is 2.80. The Morgan fingerprint density at radius 3 is 2.53 bits per heavy atom. The maximum absolute atomic E-state index is 13.7. The van der Waals surface area contributed by atoms with Crippen LogP contribution in [0.25, 0.3) is 11.3 Å².